The summed E-state index contributed by atoms with van der Waals surface area (Å²) in [7, 11) is 0. The van der Waals surface area contributed by atoms with Crippen molar-refractivity contribution < 1.29 is 4.39 Å². The third kappa shape index (κ3) is 1.24. The summed E-state index contributed by atoms with van der Waals surface area (Å²) < 4.78 is 14.8. The fourth-order valence-electron chi connectivity index (χ4n) is 1.46. The maximum absolute atomic E-state index is 13.1. The summed E-state index contributed by atoms with van der Waals surface area (Å²) in [5.41, 5.74) is 0.775. The fourth-order valence-corrected chi connectivity index (χ4v) is 1.46. The zero-order valence-corrected chi connectivity index (χ0v) is 7.18. The maximum atomic E-state index is 13.1. The van der Waals surface area contributed by atoms with Gasteiger partial charge < -0.3 is 0 Å². The highest BCUT2D eigenvalue weighted by atomic mass is 19.1. The van der Waals surface area contributed by atoms with Crippen LogP contribution in [0.2, 0.25) is 0 Å². The Morgan fingerprint density at radius 2 is 2.42 bits per heavy atom. The van der Waals surface area contributed by atoms with Gasteiger partial charge in [0.1, 0.15) is 0 Å². The summed E-state index contributed by atoms with van der Waals surface area (Å²) in [6.07, 6.45) is 5.61. The van der Waals surface area contributed by atoms with Crippen molar-refractivity contribution in [3.8, 4) is 0 Å². The van der Waals surface area contributed by atoms with Gasteiger partial charge in [-0.3, -0.25) is 4.68 Å². The third-order valence-electron chi connectivity index (χ3n) is 2.17. The second-order valence-electron chi connectivity index (χ2n) is 3.31. The van der Waals surface area contributed by atoms with Crippen molar-refractivity contribution in [2.75, 3.05) is 0 Å². The van der Waals surface area contributed by atoms with E-state index in [-0.39, 0.29) is 5.82 Å². The molecule has 1 saturated carbocycles. The lowest BCUT2D eigenvalue weighted by atomic mass is 10.3. The van der Waals surface area contributed by atoms with Gasteiger partial charge in [0.25, 0.3) is 0 Å². The Bertz CT molecular complexity index is 276. The van der Waals surface area contributed by atoms with E-state index in [1.165, 1.54) is 0 Å². The van der Waals surface area contributed by atoms with E-state index < -0.39 is 0 Å². The van der Waals surface area contributed by atoms with Crippen molar-refractivity contribution in [2.45, 2.75) is 38.6 Å². The Labute approximate surface area is 71.4 Å². The van der Waals surface area contributed by atoms with E-state index in [2.05, 4.69) is 18.2 Å². The summed E-state index contributed by atoms with van der Waals surface area (Å²) in [5, 5.41) is 3.88. The highest BCUT2D eigenvalue weighted by Gasteiger charge is 2.30. The SMILES string of the molecule is CCCn1n[c]c(F)c1C1CC1. The highest BCUT2D eigenvalue weighted by molar-refractivity contribution is 5.15. The first kappa shape index (κ1) is 7.77. The lowest BCUT2D eigenvalue weighted by molar-refractivity contribution is 0.550. The van der Waals surface area contributed by atoms with Gasteiger partial charge in [0, 0.05) is 12.5 Å². The minimum Gasteiger partial charge on any atom is -0.266 e. The van der Waals surface area contributed by atoms with Crippen molar-refractivity contribution in [3.63, 3.8) is 0 Å². The molecule has 0 aromatic carbocycles. The molecule has 0 unspecified atom stereocenters. The van der Waals surface area contributed by atoms with Crippen LogP contribution in [0.4, 0.5) is 4.39 Å². The largest absolute Gasteiger partial charge is 0.266 e. The Kier molecular flexibility index (Phi) is 1.87. The number of halogens is 1. The number of aryl methyl sites for hydroxylation is 1. The molecule has 2 rings (SSSR count). The number of rotatable bonds is 3. The Hall–Kier alpha value is -0.860. The Balaban J connectivity index is 2.27. The molecular formula is C9H12FN2. The minimum absolute atomic E-state index is 0.244. The van der Waals surface area contributed by atoms with Gasteiger partial charge in [0.15, 0.2) is 12.0 Å². The van der Waals surface area contributed by atoms with E-state index in [9.17, 15) is 4.39 Å². The lowest BCUT2D eigenvalue weighted by Gasteiger charge is -2.03. The minimum atomic E-state index is -0.244. The van der Waals surface area contributed by atoms with Gasteiger partial charge in [0.05, 0.1) is 5.69 Å². The van der Waals surface area contributed by atoms with Crippen molar-refractivity contribution >= 4 is 0 Å². The van der Waals surface area contributed by atoms with Crippen LogP contribution in [-0.4, -0.2) is 9.78 Å². The van der Waals surface area contributed by atoms with Gasteiger partial charge in [-0.05, 0) is 19.3 Å². The second-order valence-corrected chi connectivity index (χ2v) is 3.31. The molecule has 65 valence electrons. The van der Waals surface area contributed by atoms with Gasteiger partial charge in [-0.2, -0.15) is 5.10 Å². The smallest absolute Gasteiger partial charge is 0.174 e. The molecule has 0 aliphatic heterocycles. The molecule has 1 aromatic rings. The van der Waals surface area contributed by atoms with E-state index in [0.717, 1.165) is 31.5 Å². The topological polar surface area (TPSA) is 17.8 Å². The Morgan fingerprint density at radius 3 is 3.00 bits per heavy atom. The molecule has 0 N–H and O–H groups in total. The quantitative estimate of drug-likeness (QED) is 0.674. The average molecular weight is 167 g/mol. The predicted octanol–water partition coefficient (Wildman–Crippen LogP) is 2.11. The summed E-state index contributed by atoms with van der Waals surface area (Å²) in [4.78, 5) is 0. The lowest BCUT2D eigenvalue weighted by Crippen LogP contribution is -2.03. The van der Waals surface area contributed by atoms with Crippen LogP contribution < -0.4 is 0 Å². The van der Waals surface area contributed by atoms with Gasteiger partial charge in [0.2, 0.25) is 0 Å². The van der Waals surface area contributed by atoms with Gasteiger partial charge in [-0.1, -0.05) is 6.92 Å². The van der Waals surface area contributed by atoms with Crippen LogP contribution in [0.3, 0.4) is 0 Å². The van der Waals surface area contributed by atoms with Gasteiger partial charge >= 0.3 is 0 Å². The van der Waals surface area contributed by atoms with Crippen LogP contribution in [0, 0.1) is 12.0 Å². The first-order valence-electron chi connectivity index (χ1n) is 4.46. The molecule has 1 radical (unpaired) electrons. The summed E-state index contributed by atoms with van der Waals surface area (Å²) >= 11 is 0. The maximum Gasteiger partial charge on any atom is 0.174 e. The second kappa shape index (κ2) is 2.88. The summed E-state index contributed by atoms with van der Waals surface area (Å²) in [5.74, 6) is 0.182. The number of nitrogens with zero attached hydrogens (tertiary/aromatic N) is 2. The molecule has 2 nitrogen and oxygen atoms in total. The normalized spacial score (nSPS) is 16.8. The van der Waals surface area contributed by atoms with Crippen LogP contribution >= 0.6 is 0 Å². The predicted molar refractivity (Wildman–Crippen MR) is 43.3 cm³/mol. The van der Waals surface area contributed by atoms with Crippen LogP contribution in [-0.2, 0) is 6.54 Å². The molecule has 12 heavy (non-hydrogen) atoms. The standard InChI is InChI=1S/C9H12FN2/c1-2-5-12-9(7-3-4-7)8(10)6-11-12/h7H,2-5H2,1H3. The molecule has 0 amide bonds. The van der Waals surface area contributed by atoms with Crippen molar-refractivity contribution in [2.24, 2.45) is 0 Å². The van der Waals surface area contributed by atoms with Crippen molar-refractivity contribution in [1.29, 1.82) is 0 Å². The van der Waals surface area contributed by atoms with Crippen LogP contribution in [0.25, 0.3) is 0 Å². The van der Waals surface area contributed by atoms with Crippen molar-refractivity contribution in [1.82, 2.24) is 9.78 Å². The van der Waals surface area contributed by atoms with E-state index in [0.29, 0.717) is 5.92 Å². The van der Waals surface area contributed by atoms with Crippen LogP contribution in [0.1, 0.15) is 37.8 Å². The molecule has 1 aliphatic rings. The summed E-state index contributed by atoms with van der Waals surface area (Å²) in [6.45, 7) is 2.88. The summed E-state index contributed by atoms with van der Waals surface area (Å²) in [6, 6.07) is 0. The highest BCUT2D eigenvalue weighted by Crippen LogP contribution is 2.40. The van der Waals surface area contributed by atoms with Gasteiger partial charge in [-0.15, -0.1) is 0 Å². The molecule has 1 aliphatic carbocycles. The van der Waals surface area contributed by atoms with Crippen molar-refractivity contribution in [3.05, 3.63) is 17.7 Å². The number of hydrogen-bond acceptors (Lipinski definition) is 1. The molecule has 0 spiro atoms. The number of aromatic nitrogens is 2. The van der Waals surface area contributed by atoms with Crippen LogP contribution in [0.5, 0.6) is 0 Å². The fraction of sp³-hybridized carbons (Fsp3) is 0.667. The van der Waals surface area contributed by atoms with E-state index in [1.807, 2.05) is 0 Å². The zero-order chi connectivity index (χ0) is 8.55. The van der Waals surface area contributed by atoms with E-state index >= 15 is 0 Å². The molecule has 1 aromatic heterocycles. The molecule has 3 heteroatoms. The number of hydrogen-bond donors (Lipinski definition) is 0. The monoisotopic (exact) mass is 167 g/mol. The molecule has 0 atom stereocenters. The molecule has 1 fully saturated rings. The molecule has 0 bridgehead atoms. The first-order chi connectivity index (χ1) is 5.83. The van der Waals surface area contributed by atoms with Crippen LogP contribution in [0.15, 0.2) is 0 Å². The first-order valence-corrected chi connectivity index (χ1v) is 4.46. The zero-order valence-electron chi connectivity index (χ0n) is 7.18. The average Bonchev–Trinajstić information content (AvgIpc) is 2.80. The van der Waals surface area contributed by atoms with E-state index in [1.54, 1.807) is 4.68 Å². The molecular weight excluding hydrogens is 155 g/mol. The Morgan fingerprint density at radius 1 is 1.67 bits per heavy atom. The molecule has 1 heterocycles. The molecule has 0 saturated heterocycles. The third-order valence-corrected chi connectivity index (χ3v) is 2.17. The van der Waals surface area contributed by atoms with E-state index in [4.69, 9.17) is 0 Å². The van der Waals surface area contributed by atoms with Gasteiger partial charge in [-0.25, -0.2) is 4.39 Å².